The highest BCUT2D eigenvalue weighted by molar-refractivity contribution is 6.15. The number of nitrogens with one attached hydrogen (secondary N) is 1. The fraction of sp³-hybridized carbons (Fsp3) is 0.355. The molecule has 0 saturated carbocycles. The summed E-state index contributed by atoms with van der Waals surface area (Å²) in [6.45, 7) is 13.0. The molecule has 0 radical (unpaired) electrons. The molecule has 1 aromatic heterocycles. The molecule has 37 heavy (non-hydrogen) atoms. The van der Waals surface area contributed by atoms with Crippen LogP contribution in [0.4, 0.5) is 20.2 Å². The number of hydrogen-bond donors (Lipinski definition) is 1. The summed E-state index contributed by atoms with van der Waals surface area (Å²) in [6.07, 6.45) is 2.69. The average molecular weight is 506 g/mol. The van der Waals surface area contributed by atoms with Crippen LogP contribution in [0.2, 0.25) is 0 Å². The molecule has 6 heteroatoms. The second-order valence-corrected chi connectivity index (χ2v) is 9.40. The third-order valence-corrected chi connectivity index (χ3v) is 5.77. The molecule has 1 N–H and O–H groups in total. The van der Waals surface area contributed by atoms with Gasteiger partial charge in [-0.1, -0.05) is 78.0 Å². The SMILES string of the molecule is CC.CC(C)COc1cc(Nc2ccc(C(C)C)cc2)c2ccc(C3=NC=CCC=C3C(F)F)cc2n1. The summed E-state index contributed by atoms with van der Waals surface area (Å²) in [6, 6.07) is 15.7. The van der Waals surface area contributed by atoms with Crippen LogP contribution < -0.4 is 10.1 Å². The van der Waals surface area contributed by atoms with Crippen LogP contribution in [0.1, 0.15) is 65.0 Å². The summed E-state index contributed by atoms with van der Waals surface area (Å²) < 4.78 is 33.5. The van der Waals surface area contributed by atoms with Crippen molar-refractivity contribution in [1.82, 2.24) is 4.98 Å². The van der Waals surface area contributed by atoms with E-state index in [9.17, 15) is 8.78 Å². The monoisotopic (exact) mass is 505 g/mol. The van der Waals surface area contributed by atoms with Gasteiger partial charge in [-0.3, -0.25) is 4.99 Å². The zero-order chi connectivity index (χ0) is 26.9. The van der Waals surface area contributed by atoms with E-state index in [1.165, 1.54) is 11.6 Å². The molecule has 2 aromatic carbocycles. The van der Waals surface area contributed by atoms with E-state index in [4.69, 9.17) is 9.72 Å². The number of benzene rings is 2. The van der Waals surface area contributed by atoms with Crippen molar-refractivity contribution in [2.24, 2.45) is 10.9 Å². The van der Waals surface area contributed by atoms with E-state index >= 15 is 0 Å². The molecular weight excluding hydrogens is 468 g/mol. The van der Waals surface area contributed by atoms with E-state index in [0.29, 0.717) is 41.8 Å². The third-order valence-electron chi connectivity index (χ3n) is 5.77. The van der Waals surface area contributed by atoms with Crippen LogP contribution >= 0.6 is 0 Å². The number of anilines is 2. The highest BCUT2D eigenvalue weighted by Crippen LogP contribution is 2.32. The van der Waals surface area contributed by atoms with Crippen molar-refractivity contribution in [3.05, 3.63) is 83.6 Å². The van der Waals surface area contributed by atoms with Crippen LogP contribution in [0.3, 0.4) is 0 Å². The summed E-state index contributed by atoms with van der Waals surface area (Å²) in [7, 11) is 0. The number of nitrogens with zero attached hydrogens (tertiary/aromatic N) is 2. The van der Waals surface area contributed by atoms with Crippen LogP contribution in [0.15, 0.2) is 77.4 Å². The molecule has 1 aliphatic rings. The fourth-order valence-corrected chi connectivity index (χ4v) is 3.88. The van der Waals surface area contributed by atoms with E-state index in [1.54, 1.807) is 18.3 Å². The van der Waals surface area contributed by atoms with Crippen LogP contribution in [0.25, 0.3) is 10.9 Å². The van der Waals surface area contributed by atoms with E-state index in [1.807, 2.05) is 32.0 Å². The number of fused-ring (bicyclic) bond motifs is 1. The van der Waals surface area contributed by atoms with E-state index in [0.717, 1.165) is 16.8 Å². The standard InChI is InChI=1S/C29H31F2N3O.C2H6/c1-18(2)17-35-27-16-26(33-22-11-8-20(9-12-22)19(3)4)23-13-10-21(15-25(23)34-27)28-24(29(30)31)7-5-6-14-32-28;1-2/h6-16,18-19,29H,5,17H2,1-4H3,(H,33,34);1-2H3. The minimum atomic E-state index is -2.61. The van der Waals surface area contributed by atoms with Gasteiger partial charge in [0.15, 0.2) is 0 Å². The minimum Gasteiger partial charge on any atom is -0.477 e. The molecule has 2 heterocycles. The zero-order valence-corrected chi connectivity index (χ0v) is 22.6. The molecule has 3 aromatic rings. The lowest BCUT2D eigenvalue weighted by atomic mass is 9.99. The Bertz CT molecular complexity index is 1280. The molecule has 0 amide bonds. The molecule has 0 unspecified atom stereocenters. The number of allylic oxidation sites excluding steroid dienone is 3. The van der Waals surface area contributed by atoms with Gasteiger partial charge in [-0.05, 0) is 42.0 Å². The molecule has 0 spiro atoms. The smallest absolute Gasteiger partial charge is 0.265 e. The van der Waals surface area contributed by atoms with Crippen LogP contribution in [0, 0.1) is 5.92 Å². The van der Waals surface area contributed by atoms with Gasteiger partial charge >= 0.3 is 0 Å². The quantitative estimate of drug-likeness (QED) is 0.332. The molecule has 0 fully saturated rings. The van der Waals surface area contributed by atoms with Gasteiger partial charge in [-0.25, -0.2) is 13.8 Å². The average Bonchev–Trinajstić information content (AvgIpc) is 3.15. The number of halogens is 2. The van der Waals surface area contributed by atoms with Crippen molar-refractivity contribution >= 4 is 28.0 Å². The minimum absolute atomic E-state index is 0.0647. The highest BCUT2D eigenvalue weighted by Gasteiger charge is 2.20. The van der Waals surface area contributed by atoms with Gasteiger partial charge in [-0.15, -0.1) is 0 Å². The second kappa shape index (κ2) is 13.1. The molecule has 1 aliphatic heterocycles. The maximum absolute atomic E-state index is 13.8. The first kappa shape index (κ1) is 28.0. The molecule has 0 atom stereocenters. The van der Waals surface area contributed by atoms with Gasteiger partial charge in [0.05, 0.1) is 23.5 Å². The Morgan fingerprint density at radius 2 is 1.70 bits per heavy atom. The second-order valence-electron chi connectivity index (χ2n) is 9.40. The van der Waals surface area contributed by atoms with Crippen molar-refractivity contribution in [3.63, 3.8) is 0 Å². The van der Waals surface area contributed by atoms with Crippen molar-refractivity contribution in [1.29, 1.82) is 0 Å². The highest BCUT2D eigenvalue weighted by atomic mass is 19.3. The van der Waals surface area contributed by atoms with Crippen molar-refractivity contribution < 1.29 is 13.5 Å². The van der Waals surface area contributed by atoms with Gasteiger partial charge < -0.3 is 10.1 Å². The van der Waals surface area contributed by atoms with E-state index < -0.39 is 6.43 Å². The predicted molar refractivity (Wildman–Crippen MR) is 152 cm³/mol. The maximum atomic E-state index is 13.8. The lowest BCUT2D eigenvalue weighted by Gasteiger charge is -2.16. The molecule has 4 nitrogen and oxygen atoms in total. The lowest BCUT2D eigenvalue weighted by molar-refractivity contribution is 0.196. The Balaban J connectivity index is 0.00000186. The molecule has 0 aliphatic carbocycles. The summed E-state index contributed by atoms with van der Waals surface area (Å²) in [5.41, 5.74) is 4.49. The summed E-state index contributed by atoms with van der Waals surface area (Å²) in [5.74, 6) is 1.27. The fourth-order valence-electron chi connectivity index (χ4n) is 3.88. The zero-order valence-electron chi connectivity index (χ0n) is 22.6. The Morgan fingerprint density at radius 1 is 0.973 bits per heavy atom. The lowest BCUT2D eigenvalue weighted by Crippen LogP contribution is -2.12. The summed E-state index contributed by atoms with van der Waals surface area (Å²) in [5, 5.41) is 4.35. The van der Waals surface area contributed by atoms with Crippen LogP contribution in [-0.2, 0) is 0 Å². The van der Waals surface area contributed by atoms with Gasteiger partial charge in [0.2, 0.25) is 5.88 Å². The topological polar surface area (TPSA) is 46.5 Å². The third kappa shape index (κ3) is 7.25. The Kier molecular flexibility index (Phi) is 9.95. The number of hydrogen-bond acceptors (Lipinski definition) is 4. The van der Waals surface area contributed by atoms with Gasteiger partial charge in [0.25, 0.3) is 6.43 Å². The predicted octanol–water partition coefficient (Wildman–Crippen LogP) is 9.06. The molecule has 0 saturated heterocycles. The largest absolute Gasteiger partial charge is 0.477 e. The normalized spacial score (nSPS) is 13.3. The number of aromatic nitrogens is 1. The molecular formula is C31H37F2N3O. The number of pyridine rings is 1. The first-order valence-corrected chi connectivity index (χ1v) is 13.0. The van der Waals surface area contributed by atoms with E-state index in [-0.39, 0.29) is 11.3 Å². The van der Waals surface area contributed by atoms with Crippen LogP contribution in [0.5, 0.6) is 5.88 Å². The summed E-state index contributed by atoms with van der Waals surface area (Å²) in [4.78, 5) is 9.00. The number of rotatable bonds is 8. The maximum Gasteiger partial charge on any atom is 0.265 e. The first-order valence-electron chi connectivity index (χ1n) is 13.0. The summed E-state index contributed by atoms with van der Waals surface area (Å²) >= 11 is 0. The number of aliphatic imine (C=N–C) groups is 1. The molecule has 196 valence electrons. The number of alkyl halides is 2. The number of ether oxygens (including phenoxy) is 1. The van der Waals surface area contributed by atoms with Crippen molar-refractivity contribution in [2.75, 3.05) is 11.9 Å². The van der Waals surface area contributed by atoms with Gasteiger partial charge in [0.1, 0.15) is 0 Å². The first-order chi connectivity index (χ1) is 17.8. The Morgan fingerprint density at radius 3 is 2.35 bits per heavy atom. The van der Waals surface area contributed by atoms with E-state index in [2.05, 4.69) is 62.3 Å². The van der Waals surface area contributed by atoms with Gasteiger partial charge in [-0.2, -0.15) is 0 Å². The molecule has 4 rings (SSSR count). The molecule has 0 bridgehead atoms. The van der Waals surface area contributed by atoms with Crippen LogP contribution in [-0.4, -0.2) is 23.7 Å². The Hall–Kier alpha value is -3.54. The van der Waals surface area contributed by atoms with Crippen molar-refractivity contribution in [2.45, 2.75) is 60.3 Å². The Labute approximate surface area is 219 Å². The van der Waals surface area contributed by atoms with Crippen molar-refractivity contribution in [3.8, 4) is 5.88 Å². The van der Waals surface area contributed by atoms with Gasteiger partial charge in [0, 0.05) is 34.5 Å².